The fraction of sp³-hybridized carbons (Fsp3) is 0.615. The van der Waals surface area contributed by atoms with Crippen molar-refractivity contribution in [1.82, 2.24) is 4.90 Å². The van der Waals surface area contributed by atoms with E-state index in [9.17, 15) is 4.79 Å². The van der Waals surface area contributed by atoms with Gasteiger partial charge in [-0.3, -0.25) is 4.79 Å². The second kappa shape index (κ2) is 5.19. The lowest BCUT2D eigenvalue weighted by atomic mass is 10.1. The predicted molar refractivity (Wildman–Crippen MR) is 70.8 cm³/mol. The molecule has 1 aromatic rings. The van der Waals surface area contributed by atoms with Crippen molar-refractivity contribution in [1.29, 1.82) is 0 Å². The molecule has 0 bridgehead atoms. The zero-order valence-corrected chi connectivity index (χ0v) is 11.2. The number of nitrogens with zero attached hydrogens (tertiary/aromatic N) is 1. The molecule has 0 saturated carbocycles. The van der Waals surface area contributed by atoms with Crippen molar-refractivity contribution in [2.24, 2.45) is 11.7 Å². The monoisotopic (exact) mass is 252 g/mol. The van der Waals surface area contributed by atoms with Crippen LogP contribution < -0.4 is 5.73 Å². The van der Waals surface area contributed by atoms with E-state index in [-0.39, 0.29) is 18.0 Å². The molecule has 1 aliphatic heterocycles. The second-order valence-electron chi connectivity index (χ2n) is 5.10. The third-order valence-electron chi connectivity index (χ3n) is 3.25. The topological polar surface area (TPSA) is 46.3 Å². The largest absolute Gasteiger partial charge is 0.333 e. The molecule has 2 N–H and O–H groups in total. The lowest BCUT2D eigenvalue weighted by Crippen LogP contribution is -2.33. The summed E-state index contributed by atoms with van der Waals surface area (Å²) in [6.45, 7) is 5.19. The Morgan fingerprint density at radius 3 is 2.94 bits per heavy atom. The van der Waals surface area contributed by atoms with Gasteiger partial charge in [-0.15, -0.1) is 11.3 Å². The minimum atomic E-state index is -0.0479. The van der Waals surface area contributed by atoms with Crippen molar-refractivity contribution in [3.63, 3.8) is 0 Å². The number of rotatable bonds is 4. The van der Waals surface area contributed by atoms with Gasteiger partial charge in [0.2, 0.25) is 5.91 Å². The number of hydrogen-bond acceptors (Lipinski definition) is 3. The van der Waals surface area contributed by atoms with E-state index in [1.165, 1.54) is 4.88 Å². The molecule has 0 aromatic carbocycles. The van der Waals surface area contributed by atoms with E-state index in [1.807, 2.05) is 16.3 Å². The van der Waals surface area contributed by atoms with Gasteiger partial charge in [-0.25, -0.2) is 0 Å². The van der Waals surface area contributed by atoms with Crippen LogP contribution in [0.2, 0.25) is 0 Å². The van der Waals surface area contributed by atoms with Gasteiger partial charge in [0.05, 0.1) is 6.04 Å². The maximum atomic E-state index is 12.0. The molecule has 1 aliphatic rings. The Hall–Kier alpha value is -0.870. The van der Waals surface area contributed by atoms with Crippen molar-refractivity contribution in [3.05, 3.63) is 22.4 Å². The highest BCUT2D eigenvalue weighted by molar-refractivity contribution is 7.10. The lowest BCUT2D eigenvalue weighted by molar-refractivity contribution is -0.129. The first kappa shape index (κ1) is 12.6. The molecular formula is C13H20N2OS. The smallest absolute Gasteiger partial charge is 0.224 e. The highest BCUT2D eigenvalue weighted by Gasteiger charge is 2.38. The van der Waals surface area contributed by atoms with Crippen LogP contribution in [0.5, 0.6) is 0 Å². The minimum Gasteiger partial charge on any atom is -0.333 e. The molecule has 4 heteroatoms. The van der Waals surface area contributed by atoms with Crippen LogP contribution in [0.25, 0.3) is 0 Å². The molecule has 2 rings (SSSR count). The molecule has 2 unspecified atom stereocenters. The lowest BCUT2D eigenvalue weighted by Gasteiger charge is -2.26. The summed E-state index contributed by atoms with van der Waals surface area (Å²) in [5, 5.41) is 2.05. The van der Waals surface area contributed by atoms with Crippen molar-refractivity contribution in [2.45, 2.75) is 38.8 Å². The van der Waals surface area contributed by atoms with Crippen LogP contribution in [0.1, 0.15) is 37.6 Å². The summed E-state index contributed by atoms with van der Waals surface area (Å²) in [5.74, 6) is 0.820. The maximum Gasteiger partial charge on any atom is 0.224 e. The average Bonchev–Trinajstić information content (AvgIpc) is 2.83. The fourth-order valence-corrected chi connectivity index (χ4v) is 3.21. The number of thiophene rings is 1. The van der Waals surface area contributed by atoms with Crippen LogP contribution in [0.4, 0.5) is 0 Å². The Morgan fingerprint density at radius 2 is 2.35 bits per heavy atom. The standard InChI is InChI=1S/C13H20N2OS/c1-9(2)5-6-15-12(16)8-10(14)13(15)11-4-3-7-17-11/h3-4,7,9-10,13H,5-6,8,14H2,1-2H3. The quantitative estimate of drug-likeness (QED) is 0.894. The van der Waals surface area contributed by atoms with Crippen LogP contribution in [0, 0.1) is 5.92 Å². The molecule has 1 saturated heterocycles. The number of hydrogen-bond donors (Lipinski definition) is 1. The first-order chi connectivity index (χ1) is 8.09. The van der Waals surface area contributed by atoms with Crippen LogP contribution >= 0.6 is 11.3 Å². The third kappa shape index (κ3) is 2.69. The Kier molecular flexibility index (Phi) is 3.84. The van der Waals surface area contributed by atoms with Crippen LogP contribution in [0.3, 0.4) is 0 Å². The molecule has 0 aliphatic carbocycles. The summed E-state index contributed by atoms with van der Waals surface area (Å²) >= 11 is 1.69. The van der Waals surface area contributed by atoms with Crippen molar-refractivity contribution in [2.75, 3.05) is 6.54 Å². The minimum absolute atomic E-state index is 0.0479. The summed E-state index contributed by atoms with van der Waals surface area (Å²) in [6, 6.07) is 4.15. The van der Waals surface area contributed by atoms with E-state index in [2.05, 4.69) is 19.9 Å². The van der Waals surface area contributed by atoms with Gasteiger partial charge in [-0.05, 0) is 23.8 Å². The van der Waals surface area contributed by atoms with Gasteiger partial charge in [0, 0.05) is 23.9 Å². The second-order valence-corrected chi connectivity index (χ2v) is 6.08. The Balaban J connectivity index is 2.13. The van der Waals surface area contributed by atoms with Gasteiger partial charge in [0.15, 0.2) is 0 Å². The first-order valence-corrected chi connectivity index (χ1v) is 7.06. The Bertz CT molecular complexity index is 375. The normalized spacial score (nSPS) is 24.9. The maximum absolute atomic E-state index is 12.0. The van der Waals surface area contributed by atoms with E-state index in [1.54, 1.807) is 11.3 Å². The van der Waals surface area contributed by atoms with E-state index in [0.29, 0.717) is 12.3 Å². The molecular weight excluding hydrogens is 232 g/mol. The van der Waals surface area contributed by atoms with E-state index >= 15 is 0 Å². The SMILES string of the molecule is CC(C)CCN1C(=O)CC(N)C1c1cccs1. The molecule has 3 nitrogen and oxygen atoms in total. The molecule has 2 atom stereocenters. The highest BCUT2D eigenvalue weighted by atomic mass is 32.1. The van der Waals surface area contributed by atoms with E-state index in [4.69, 9.17) is 5.73 Å². The van der Waals surface area contributed by atoms with Crippen LogP contribution in [0.15, 0.2) is 17.5 Å². The predicted octanol–water partition coefficient (Wildman–Crippen LogP) is 2.39. The fourth-order valence-electron chi connectivity index (χ4n) is 2.30. The summed E-state index contributed by atoms with van der Waals surface area (Å²) in [6.07, 6.45) is 1.53. The number of likely N-dealkylation sites (tertiary alicyclic amines) is 1. The highest BCUT2D eigenvalue weighted by Crippen LogP contribution is 2.34. The third-order valence-corrected chi connectivity index (χ3v) is 4.20. The summed E-state index contributed by atoms with van der Waals surface area (Å²) in [5.41, 5.74) is 6.10. The Labute approximate surface area is 107 Å². The summed E-state index contributed by atoms with van der Waals surface area (Å²) in [4.78, 5) is 15.1. The van der Waals surface area contributed by atoms with Gasteiger partial charge in [0.25, 0.3) is 0 Å². The van der Waals surface area contributed by atoms with Crippen molar-refractivity contribution >= 4 is 17.2 Å². The van der Waals surface area contributed by atoms with Crippen molar-refractivity contribution < 1.29 is 4.79 Å². The molecule has 1 amide bonds. The van der Waals surface area contributed by atoms with E-state index in [0.717, 1.165) is 13.0 Å². The molecule has 0 radical (unpaired) electrons. The zero-order chi connectivity index (χ0) is 12.4. The number of amides is 1. The van der Waals surface area contributed by atoms with Gasteiger partial charge in [0.1, 0.15) is 0 Å². The summed E-state index contributed by atoms with van der Waals surface area (Å²) in [7, 11) is 0. The Morgan fingerprint density at radius 1 is 1.59 bits per heavy atom. The molecule has 1 fully saturated rings. The summed E-state index contributed by atoms with van der Waals surface area (Å²) < 4.78 is 0. The van der Waals surface area contributed by atoms with Gasteiger partial charge in [-0.1, -0.05) is 19.9 Å². The molecule has 0 spiro atoms. The molecule has 2 heterocycles. The van der Waals surface area contributed by atoms with Crippen LogP contribution in [-0.4, -0.2) is 23.4 Å². The molecule has 17 heavy (non-hydrogen) atoms. The van der Waals surface area contributed by atoms with Gasteiger partial charge in [-0.2, -0.15) is 0 Å². The van der Waals surface area contributed by atoms with Crippen LogP contribution in [-0.2, 0) is 4.79 Å². The van der Waals surface area contributed by atoms with Crippen molar-refractivity contribution in [3.8, 4) is 0 Å². The van der Waals surface area contributed by atoms with Gasteiger partial charge < -0.3 is 10.6 Å². The average molecular weight is 252 g/mol. The number of carbonyl (C=O) groups is 1. The number of nitrogens with two attached hydrogens (primary N) is 1. The first-order valence-electron chi connectivity index (χ1n) is 6.18. The van der Waals surface area contributed by atoms with E-state index < -0.39 is 0 Å². The zero-order valence-electron chi connectivity index (χ0n) is 10.4. The molecule has 94 valence electrons. The number of carbonyl (C=O) groups excluding carboxylic acids is 1. The molecule has 1 aromatic heterocycles. The van der Waals surface area contributed by atoms with Gasteiger partial charge >= 0.3 is 0 Å².